The van der Waals surface area contributed by atoms with Crippen LogP contribution in [0.4, 0.5) is 0 Å². The molecule has 0 radical (unpaired) electrons. The molecular formula is C13H13BrN2O2. The van der Waals surface area contributed by atoms with Crippen molar-refractivity contribution in [3.63, 3.8) is 0 Å². The fourth-order valence-corrected chi connectivity index (χ4v) is 2.99. The van der Waals surface area contributed by atoms with Gasteiger partial charge in [-0.3, -0.25) is 0 Å². The molecule has 0 saturated heterocycles. The molecule has 5 heteroatoms. The van der Waals surface area contributed by atoms with Crippen molar-refractivity contribution in [1.29, 1.82) is 0 Å². The minimum atomic E-state index is -0.300. The third-order valence-electron chi connectivity index (χ3n) is 3.19. The van der Waals surface area contributed by atoms with Gasteiger partial charge in [-0.2, -0.15) is 5.10 Å². The van der Waals surface area contributed by atoms with Crippen molar-refractivity contribution in [3.8, 4) is 11.4 Å². The number of benzene rings is 1. The second-order valence-electron chi connectivity index (χ2n) is 4.36. The van der Waals surface area contributed by atoms with E-state index in [2.05, 4.69) is 21.0 Å². The summed E-state index contributed by atoms with van der Waals surface area (Å²) in [5.41, 5.74) is 2.95. The zero-order valence-corrected chi connectivity index (χ0v) is 11.5. The van der Waals surface area contributed by atoms with Gasteiger partial charge >= 0.3 is 0 Å². The monoisotopic (exact) mass is 308 g/mol. The van der Waals surface area contributed by atoms with Crippen LogP contribution in [0.5, 0.6) is 5.75 Å². The Kier molecular flexibility index (Phi) is 2.87. The highest BCUT2D eigenvalue weighted by atomic mass is 79.9. The van der Waals surface area contributed by atoms with Crippen LogP contribution in [0.1, 0.15) is 11.3 Å². The molecule has 0 amide bonds. The molecule has 0 spiro atoms. The van der Waals surface area contributed by atoms with Crippen molar-refractivity contribution in [2.75, 3.05) is 7.11 Å². The Balaban J connectivity index is 2.11. The summed E-state index contributed by atoms with van der Waals surface area (Å²) in [6.45, 7) is 0. The van der Waals surface area contributed by atoms with Crippen molar-refractivity contribution in [3.05, 3.63) is 40.1 Å². The minimum Gasteiger partial charge on any atom is -0.494 e. The van der Waals surface area contributed by atoms with Crippen molar-refractivity contribution >= 4 is 15.9 Å². The summed E-state index contributed by atoms with van der Waals surface area (Å²) in [7, 11) is 1.65. The molecule has 1 aliphatic rings. The average Bonchev–Trinajstić information content (AvgIpc) is 2.88. The summed E-state index contributed by atoms with van der Waals surface area (Å²) in [6.07, 6.45) is 0.979. The number of fused-ring (bicyclic) bond motifs is 1. The molecule has 1 heterocycles. The molecule has 18 heavy (non-hydrogen) atoms. The second kappa shape index (κ2) is 4.40. The number of methoxy groups -OCH3 is 1. The van der Waals surface area contributed by atoms with Gasteiger partial charge in [-0.15, -0.1) is 0 Å². The normalized spacial score (nSPS) is 17.8. The van der Waals surface area contributed by atoms with Crippen molar-refractivity contribution in [2.45, 2.75) is 18.9 Å². The van der Waals surface area contributed by atoms with Crippen molar-refractivity contribution in [1.82, 2.24) is 9.78 Å². The van der Waals surface area contributed by atoms with E-state index >= 15 is 0 Å². The number of aliphatic hydroxyl groups is 1. The average molecular weight is 309 g/mol. The molecule has 1 aliphatic carbocycles. The van der Waals surface area contributed by atoms with Crippen LogP contribution in [0.25, 0.3) is 5.69 Å². The molecule has 1 aromatic carbocycles. The van der Waals surface area contributed by atoms with Crippen LogP contribution >= 0.6 is 15.9 Å². The first-order valence-electron chi connectivity index (χ1n) is 5.78. The number of rotatable bonds is 2. The van der Waals surface area contributed by atoms with Crippen LogP contribution in [0, 0.1) is 0 Å². The number of hydrogen-bond donors (Lipinski definition) is 1. The van der Waals surface area contributed by atoms with E-state index < -0.39 is 0 Å². The van der Waals surface area contributed by atoms with Gasteiger partial charge in [0, 0.05) is 18.4 Å². The molecule has 3 rings (SSSR count). The second-order valence-corrected chi connectivity index (χ2v) is 5.11. The number of aliphatic hydroxyl groups excluding tert-OH is 1. The first-order valence-corrected chi connectivity index (χ1v) is 6.57. The lowest BCUT2D eigenvalue weighted by Crippen LogP contribution is -2.08. The lowest BCUT2D eigenvalue weighted by Gasteiger charge is -2.10. The number of hydrogen-bond acceptors (Lipinski definition) is 3. The molecule has 1 atom stereocenters. The summed E-state index contributed by atoms with van der Waals surface area (Å²) in [4.78, 5) is 0. The van der Waals surface area contributed by atoms with Crippen LogP contribution in [0.15, 0.2) is 28.9 Å². The molecule has 0 saturated carbocycles. The SMILES string of the molecule is COc1ccccc1-n1nc2c(c1Br)C[C@H](O)C2. The van der Waals surface area contributed by atoms with E-state index in [9.17, 15) is 5.11 Å². The van der Waals surface area contributed by atoms with Gasteiger partial charge in [0.25, 0.3) is 0 Å². The topological polar surface area (TPSA) is 47.3 Å². The van der Waals surface area contributed by atoms with Crippen LogP contribution in [0.2, 0.25) is 0 Å². The van der Waals surface area contributed by atoms with Gasteiger partial charge in [-0.05, 0) is 28.1 Å². The number of aromatic nitrogens is 2. The van der Waals surface area contributed by atoms with E-state index in [-0.39, 0.29) is 6.10 Å². The highest BCUT2D eigenvalue weighted by Crippen LogP contribution is 2.33. The lowest BCUT2D eigenvalue weighted by atomic mass is 10.2. The van der Waals surface area contributed by atoms with E-state index in [1.54, 1.807) is 7.11 Å². The number of halogens is 1. The largest absolute Gasteiger partial charge is 0.494 e. The van der Waals surface area contributed by atoms with Crippen molar-refractivity contribution < 1.29 is 9.84 Å². The number of para-hydroxylation sites is 2. The van der Waals surface area contributed by atoms with Gasteiger partial charge in [0.05, 0.1) is 18.9 Å². The Morgan fingerprint density at radius 2 is 2.17 bits per heavy atom. The first-order chi connectivity index (χ1) is 8.70. The fourth-order valence-electron chi connectivity index (χ4n) is 2.33. The molecule has 0 unspecified atom stereocenters. The third kappa shape index (κ3) is 1.74. The van der Waals surface area contributed by atoms with Crippen LogP contribution in [0.3, 0.4) is 0 Å². The fraction of sp³-hybridized carbons (Fsp3) is 0.308. The summed E-state index contributed by atoms with van der Waals surface area (Å²) >= 11 is 3.56. The van der Waals surface area contributed by atoms with Gasteiger partial charge in [0.1, 0.15) is 16.0 Å². The maximum absolute atomic E-state index is 9.63. The Morgan fingerprint density at radius 3 is 2.89 bits per heavy atom. The van der Waals surface area contributed by atoms with Gasteiger partial charge in [-0.25, -0.2) is 4.68 Å². The predicted octanol–water partition coefficient (Wildman–Crippen LogP) is 2.10. The molecule has 0 fully saturated rings. The molecular weight excluding hydrogens is 296 g/mol. The van der Waals surface area contributed by atoms with Gasteiger partial charge in [0.15, 0.2) is 0 Å². The standard InChI is InChI=1S/C13H13BrN2O2/c1-18-12-5-3-2-4-11(12)16-13(14)9-6-8(17)7-10(9)15-16/h2-5,8,17H,6-7H2,1H3/t8-/m0/s1. The molecule has 1 aromatic heterocycles. The minimum absolute atomic E-state index is 0.300. The number of ether oxygens (including phenoxy) is 1. The highest BCUT2D eigenvalue weighted by Gasteiger charge is 2.27. The van der Waals surface area contributed by atoms with E-state index in [0.717, 1.165) is 27.3 Å². The molecule has 0 bridgehead atoms. The Bertz CT molecular complexity index is 595. The van der Waals surface area contributed by atoms with Crippen LogP contribution < -0.4 is 4.74 Å². The Morgan fingerprint density at radius 1 is 1.39 bits per heavy atom. The van der Waals surface area contributed by atoms with Gasteiger partial charge in [-0.1, -0.05) is 12.1 Å². The maximum Gasteiger partial charge on any atom is 0.144 e. The Labute approximate surface area is 113 Å². The molecule has 94 valence electrons. The lowest BCUT2D eigenvalue weighted by molar-refractivity contribution is 0.185. The summed E-state index contributed by atoms with van der Waals surface area (Å²) < 4.78 is 8.08. The first kappa shape index (κ1) is 11.7. The zero-order valence-electron chi connectivity index (χ0n) is 9.93. The third-order valence-corrected chi connectivity index (χ3v) is 4.00. The summed E-state index contributed by atoms with van der Waals surface area (Å²) in [6, 6.07) is 7.74. The van der Waals surface area contributed by atoms with Crippen LogP contribution in [-0.2, 0) is 12.8 Å². The smallest absolute Gasteiger partial charge is 0.144 e. The van der Waals surface area contributed by atoms with Crippen molar-refractivity contribution in [2.24, 2.45) is 0 Å². The van der Waals surface area contributed by atoms with E-state index in [1.807, 2.05) is 28.9 Å². The number of nitrogens with zero attached hydrogens (tertiary/aromatic N) is 2. The predicted molar refractivity (Wildman–Crippen MR) is 71.2 cm³/mol. The zero-order chi connectivity index (χ0) is 12.7. The van der Waals surface area contributed by atoms with E-state index in [4.69, 9.17) is 4.74 Å². The molecule has 2 aromatic rings. The maximum atomic E-state index is 9.63. The Hall–Kier alpha value is -1.33. The molecule has 1 N–H and O–H groups in total. The van der Waals surface area contributed by atoms with Gasteiger partial charge in [0.2, 0.25) is 0 Å². The quantitative estimate of drug-likeness (QED) is 0.924. The van der Waals surface area contributed by atoms with Gasteiger partial charge < -0.3 is 9.84 Å². The van der Waals surface area contributed by atoms with Crippen LogP contribution in [-0.4, -0.2) is 28.1 Å². The molecule has 0 aliphatic heterocycles. The van der Waals surface area contributed by atoms with E-state index in [1.165, 1.54) is 0 Å². The summed E-state index contributed by atoms with van der Waals surface area (Å²) in [5, 5.41) is 14.2. The highest BCUT2D eigenvalue weighted by molar-refractivity contribution is 9.10. The van der Waals surface area contributed by atoms with E-state index in [0.29, 0.717) is 12.8 Å². The summed E-state index contributed by atoms with van der Waals surface area (Å²) in [5.74, 6) is 0.778. The molecule has 4 nitrogen and oxygen atoms in total.